The van der Waals surface area contributed by atoms with Crippen LogP contribution in [0.5, 0.6) is 5.75 Å². The molecule has 25 heavy (non-hydrogen) atoms. The Labute approximate surface area is 161 Å². The Balaban J connectivity index is 1.79. The van der Waals surface area contributed by atoms with Crippen LogP contribution in [0.25, 0.3) is 0 Å². The van der Waals surface area contributed by atoms with Gasteiger partial charge < -0.3 is 15.4 Å². The summed E-state index contributed by atoms with van der Waals surface area (Å²) >= 11 is 17.4. The fourth-order valence-electron chi connectivity index (χ4n) is 2.91. The minimum absolute atomic E-state index is 0.177. The molecule has 1 aliphatic rings. The first-order valence-corrected chi connectivity index (χ1v) is 8.90. The van der Waals surface area contributed by atoms with Gasteiger partial charge in [0.05, 0.1) is 6.04 Å². The summed E-state index contributed by atoms with van der Waals surface area (Å²) in [6, 6.07) is 9.43. The molecule has 0 unspecified atom stereocenters. The second kappa shape index (κ2) is 6.98. The van der Waals surface area contributed by atoms with Gasteiger partial charge in [0.1, 0.15) is 17.2 Å². The summed E-state index contributed by atoms with van der Waals surface area (Å²) in [6.07, 6.45) is 0.640. The molecule has 0 spiro atoms. The molecule has 132 valence electrons. The normalized spacial score (nSPS) is 18.0. The first-order chi connectivity index (χ1) is 11.7. The van der Waals surface area contributed by atoms with E-state index in [0.29, 0.717) is 33.0 Å². The molecule has 0 amide bonds. The minimum Gasteiger partial charge on any atom is -0.487 e. The maximum Gasteiger partial charge on any atom is 0.171 e. The highest BCUT2D eigenvalue weighted by Crippen LogP contribution is 2.39. The number of fused-ring (bicyclic) bond motifs is 1. The fraction of sp³-hybridized carbons (Fsp3) is 0.278. The fourth-order valence-corrected chi connectivity index (χ4v) is 3.69. The van der Waals surface area contributed by atoms with Crippen LogP contribution >= 0.6 is 35.4 Å². The van der Waals surface area contributed by atoms with E-state index in [1.165, 1.54) is 12.1 Å². The van der Waals surface area contributed by atoms with Crippen LogP contribution in [0.1, 0.15) is 31.9 Å². The summed E-state index contributed by atoms with van der Waals surface area (Å²) in [5.41, 5.74) is 1.03. The van der Waals surface area contributed by atoms with Gasteiger partial charge in [-0.2, -0.15) is 0 Å². The van der Waals surface area contributed by atoms with Crippen molar-refractivity contribution in [1.29, 1.82) is 0 Å². The molecule has 3 rings (SSSR count). The Bertz CT molecular complexity index is 808. The maximum absolute atomic E-state index is 13.7. The predicted molar refractivity (Wildman–Crippen MR) is 104 cm³/mol. The Morgan fingerprint density at radius 2 is 1.88 bits per heavy atom. The van der Waals surface area contributed by atoms with Crippen LogP contribution < -0.4 is 15.4 Å². The third kappa shape index (κ3) is 4.54. The smallest absolute Gasteiger partial charge is 0.171 e. The third-order valence-corrected chi connectivity index (χ3v) is 4.51. The molecule has 3 nitrogen and oxygen atoms in total. The number of ether oxygens (including phenoxy) is 1. The zero-order valence-electron chi connectivity index (χ0n) is 13.7. The zero-order valence-corrected chi connectivity index (χ0v) is 16.0. The van der Waals surface area contributed by atoms with Crippen molar-refractivity contribution in [3.05, 3.63) is 57.8 Å². The number of halogens is 3. The minimum atomic E-state index is -0.391. The SMILES string of the molecule is CC1(C)C[C@@H](NC(=S)Nc2cc(Cl)cc(Cl)c2)c2cc(F)ccc2O1. The number of benzene rings is 2. The van der Waals surface area contributed by atoms with E-state index in [9.17, 15) is 4.39 Å². The van der Waals surface area contributed by atoms with Crippen molar-refractivity contribution in [2.45, 2.75) is 31.9 Å². The van der Waals surface area contributed by atoms with E-state index in [0.717, 1.165) is 5.56 Å². The van der Waals surface area contributed by atoms with E-state index in [1.807, 2.05) is 13.8 Å². The average molecular weight is 399 g/mol. The lowest BCUT2D eigenvalue weighted by molar-refractivity contribution is 0.0694. The largest absolute Gasteiger partial charge is 0.487 e. The number of nitrogens with one attached hydrogen (secondary N) is 2. The van der Waals surface area contributed by atoms with Crippen molar-refractivity contribution in [2.24, 2.45) is 0 Å². The molecule has 1 atom stereocenters. The van der Waals surface area contributed by atoms with E-state index >= 15 is 0 Å². The Morgan fingerprint density at radius 3 is 2.56 bits per heavy atom. The van der Waals surface area contributed by atoms with Crippen LogP contribution in [0.15, 0.2) is 36.4 Å². The first kappa shape index (κ1) is 18.2. The average Bonchev–Trinajstić information content (AvgIpc) is 2.46. The van der Waals surface area contributed by atoms with Crippen molar-refractivity contribution in [3.8, 4) is 5.75 Å². The molecule has 2 N–H and O–H groups in total. The van der Waals surface area contributed by atoms with Crippen LogP contribution in [0.2, 0.25) is 10.0 Å². The van der Waals surface area contributed by atoms with E-state index in [1.54, 1.807) is 24.3 Å². The second-order valence-corrected chi connectivity index (χ2v) is 7.84. The van der Waals surface area contributed by atoms with Gasteiger partial charge in [-0.15, -0.1) is 0 Å². The summed E-state index contributed by atoms with van der Waals surface area (Å²) in [7, 11) is 0. The predicted octanol–water partition coefficient (Wildman–Crippen LogP) is 5.72. The van der Waals surface area contributed by atoms with Crippen molar-refractivity contribution >= 4 is 46.2 Å². The molecule has 7 heteroatoms. The molecule has 0 aromatic heterocycles. The maximum atomic E-state index is 13.7. The molecule has 0 saturated carbocycles. The van der Waals surface area contributed by atoms with Crippen molar-refractivity contribution < 1.29 is 9.13 Å². The van der Waals surface area contributed by atoms with Gasteiger partial charge in [-0.05, 0) is 62.5 Å². The van der Waals surface area contributed by atoms with Crippen molar-refractivity contribution in [3.63, 3.8) is 0 Å². The molecule has 0 aliphatic carbocycles. The number of anilines is 1. The van der Waals surface area contributed by atoms with E-state index in [-0.39, 0.29) is 11.9 Å². The van der Waals surface area contributed by atoms with Crippen LogP contribution in [0, 0.1) is 5.82 Å². The number of hydrogen-bond donors (Lipinski definition) is 2. The van der Waals surface area contributed by atoms with Crippen LogP contribution in [-0.2, 0) is 0 Å². The molecule has 0 radical (unpaired) electrons. The highest BCUT2D eigenvalue weighted by molar-refractivity contribution is 7.80. The van der Waals surface area contributed by atoms with Gasteiger partial charge in [-0.1, -0.05) is 23.2 Å². The molecule has 0 fully saturated rings. The van der Waals surface area contributed by atoms with Crippen molar-refractivity contribution in [2.75, 3.05) is 5.32 Å². The molecule has 2 aromatic carbocycles. The van der Waals surface area contributed by atoms with Crippen LogP contribution in [0.3, 0.4) is 0 Å². The zero-order chi connectivity index (χ0) is 18.2. The molecular formula is C18H17Cl2FN2OS. The molecule has 1 heterocycles. The van der Waals surface area contributed by atoms with E-state index in [4.69, 9.17) is 40.2 Å². The molecular weight excluding hydrogens is 382 g/mol. The third-order valence-electron chi connectivity index (χ3n) is 3.85. The van der Waals surface area contributed by atoms with Crippen LogP contribution in [0.4, 0.5) is 10.1 Å². The van der Waals surface area contributed by atoms with E-state index in [2.05, 4.69) is 10.6 Å². The number of rotatable bonds is 2. The highest BCUT2D eigenvalue weighted by Gasteiger charge is 2.34. The summed E-state index contributed by atoms with van der Waals surface area (Å²) in [4.78, 5) is 0. The van der Waals surface area contributed by atoms with Gasteiger partial charge in [-0.25, -0.2) is 4.39 Å². The monoisotopic (exact) mass is 398 g/mol. The standard InChI is InChI=1S/C18H17Cl2FN2OS/c1-18(2)9-15(14-8-12(21)3-4-16(14)24-18)23-17(25)22-13-6-10(19)5-11(20)7-13/h3-8,15H,9H2,1-2H3,(H2,22,23,25)/t15-/m1/s1. The lowest BCUT2D eigenvalue weighted by Gasteiger charge is -2.38. The lowest BCUT2D eigenvalue weighted by atomic mass is 9.90. The molecule has 2 aromatic rings. The molecule has 0 saturated heterocycles. The van der Waals surface area contributed by atoms with Crippen molar-refractivity contribution in [1.82, 2.24) is 5.32 Å². The summed E-state index contributed by atoms with van der Waals surface area (Å²) in [6.45, 7) is 3.97. The summed E-state index contributed by atoms with van der Waals surface area (Å²) < 4.78 is 19.6. The summed E-state index contributed by atoms with van der Waals surface area (Å²) in [5.74, 6) is 0.345. The van der Waals surface area contributed by atoms with Crippen LogP contribution in [-0.4, -0.2) is 10.7 Å². The Hall–Kier alpha value is -1.56. The summed E-state index contributed by atoms with van der Waals surface area (Å²) in [5, 5.41) is 7.72. The van der Waals surface area contributed by atoms with Gasteiger partial charge in [0.2, 0.25) is 0 Å². The van der Waals surface area contributed by atoms with Gasteiger partial charge in [0, 0.05) is 27.7 Å². The first-order valence-electron chi connectivity index (χ1n) is 7.74. The topological polar surface area (TPSA) is 33.3 Å². The number of thiocarbonyl (C=S) groups is 1. The van der Waals surface area contributed by atoms with Gasteiger partial charge in [-0.3, -0.25) is 0 Å². The van der Waals surface area contributed by atoms with Gasteiger partial charge in [0.25, 0.3) is 0 Å². The van der Waals surface area contributed by atoms with Gasteiger partial charge >= 0.3 is 0 Å². The number of hydrogen-bond acceptors (Lipinski definition) is 2. The Kier molecular flexibility index (Phi) is 5.09. The highest BCUT2D eigenvalue weighted by atomic mass is 35.5. The Morgan fingerprint density at radius 1 is 1.20 bits per heavy atom. The quantitative estimate of drug-likeness (QED) is 0.633. The second-order valence-electron chi connectivity index (χ2n) is 6.56. The molecule has 1 aliphatic heterocycles. The van der Waals surface area contributed by atoms with E-state index < -0.39 is 5.60 Å². The molecule has 0 bridgehead atoms. The van der Waals surface area contributed by atoms with Gasteiger partial charge in [0.15, 0.2) is 5.11 Å². The lowest BCUT2D eigenvalue weighted by Crippen LogP contribution is -2.42.